The molecule has 1 fully saturated rings. The van der Waals surface area contributed by atoms with Gasteiger partial charge >= 0.3 is 0 Å². The van der Waals surface area contributed by atoms with Crippen LogP contribution in [-0.2, 0) is 10.3 Å². The van der Waals surface area contributed by atoms with Crippen molar-refractivity contribution >= 4 is 34.8 Å². The first-order chi connectivity index (χ1) is 20.6. The van der Waals surface area contributed by atoms with Crippen molar-refractivity contribution in [1.82, 2.24) is 0 Å². The molecule has 3 atom stereocenters. The lowest BCUT2D eigenvalue weighted by Gasteiger charge is -2.56. The minimum absolute atomic E-state index is 0.151. The maximum Gasteiger partial charge on any atom is 0.271 e. The van der Waals surface area contributed by atoms with Crippen LogP contribution in [0.5, 0.6) is 5.75 Å². The monoisotopic (exact) mass is 570 g/mol. The Kier molecular flexibility index (Phi) is 6.52. The fraction of sp³-hybridized carbons (Fsp3) is 0.111. The van der Waals surface area contributed by atoms with E-state index in [1.165, 1.54) is 0 Å². The average molecular weight is 571 g/mol. The summed E-state index contributed by atoms with van der Waals surface area (Å²) in [5.74, 6) is 0.310. The van der Waals surface area contributed by atoms with Gasteiger partial charge in [-0.1, -0.05) is 103 Å². The normalized spacial score (nSPS) is 21.0. The Bertz CT molecular complexity index is 1750. The smallest absolute Gasteiger partial charge is 0.271 e. The maximum atomic E-state index is 14.5. The van der Waals surface area contributed by atoms with Crippen molar-refractivity contribution in [2.45, 2.75) is 24.1 Å². The standard InChI is InChI=1S/C36H27ClN2O3/c37-28-22-20-25(21-23-28)32-24-36(27-14-6-2-7-15-27)33(42-29-16-8-3-9-17-29)35(41)39(36)31-19-11-10-18-30(31)38(32)34(40)26-12-4-1-5-13-26/h1-23,32-33H,24H2/t32-,33-,36-/m0/s1. The number of rotatable bonds is 5. The Hall–Kier alpha value is -4.87. The summed E-state index contributed by atoms with van der Waals surface area (Å²) < 4.78 is 6.53. The summed E-state index contributed by atoms with van der Waals surface area (Å²) in [5, 5.41) is 0.609. The van der Waals surface area contributed by atoms with Crippen molar-refractivity contribution in [2.75, 3.05) is 9.80 Å². The predicted octanol–water partition coefficient (Wildman–Crippen LogP) is 7.82. The fourth-order valence-corrected chi connectivity index (χ4v) is 6.47. The molecule has 5 aromatic carbocycles. The van der Waals surface area contributed by atoms with Crippen LogP contribution in [0.25, 0.3) is 0 Å². The molecule has 0 saturated carbocycles. The first-order valence-corrected chi connectivity index (χ1v) is 14.3. The molecule has 0 aromatic heterocycles. The molecule has 5 aromatic rings. The van der Waals surface area contributed by atoms with E-state index in [0.717, 1.165) is 11.1 Å². The largest absolute Gasteiger partial charge is 0.478 e. The van der Waals surface area contributed by atoms with Gasteiger partial charge in [0.25, 0.3) is 11.8 Å². The van der Waals surface area contributed by atoms with Gasteiger partial charge < -0.3 is 4.74 Å². The summed E-state index contributed by atoms with van der Waals surface area (Å²) in [6.45, 7) is 0. The molecule has 2 aliphatic rings. The molecule has 1 saturated heterocycles. The second-order valence-electron chi connectivity index (χ2n) is 10.6. The van der Waals surface area contributed by atoms with Gasteiger partial charge in [-0.15, -0.1) is 0 Å². The molecule has 206 valence electrons. The molecule has 5 nitrogen and oxygen atoms in total. The summed E-state index contributed by atoms with van der Waals surface area (Å²) >= 11 is 6.32. The van der Waals surface area contributed by atoms with Crippen molar-refractivity contribution in [3.8, 4) is 5.75 Å². The summed E-state index contributed by atoms with van der Waals surface area (Å²) in [7, 11) is 0. The van der Waals surface area contributed by atoms with Gasteiger partial charge in [0.1, 0.15) is 11.3 Å². The van der Waals surface area contributed by atoms with E-state index in [9.17, 15) is 9.59 Å². The van der Waals surface area contributed by atoms with Gasteiger partial charge in [-0.25, -0.2) is 0 Å². The van der Waals surface area contributed by atoms with Crippen LogP contribution in [0.15, 0.2) is 140 Å². The van der Waals surface area contributed by atoms with Gasteiger partial charge in [0.15, 0.2) is 0 Å². The van der Waals surface area contributed by atoms with Crippen LogP contribution < -0.4 is 14.5 Å². The number of hydrogen-bond donors (Lipinski definition) is 0. The van der Waals surface area contributed by atoms with Crippen molar-refractivity contribution in [3.05, 3.63) is 161 Å². The molecule has 7 rings (SSSR count). The Morgan fingerprint density at radius 3 is 1.95 bits per heavy atom. The quantitative estimate of drug-likeness (QED) is 0.202. The topological polar surface area (TPSA) is 49.9 Å². The molecule has 6 heteroatoms. The van der Waals surface area contributed by atoms with Crippen LogP contribution in [0.3, 0.4) is 0 Å². The number of para-hydroxylation sites is 3. The minimum Gasteiger partial charge on any atom is -0.478 e. The van der Waals surface area contributed by atoms with Crippen molar-refractivity contribution in [3.63, 3.8) is 0 Å². The molecule has 42 heavy (non-hydrogen) atoms. The number of carbonyl (C=O) groups is 2. The second kappa shape index (κ2) is 10.5. The Morgan fingerprint density at radius 2 is 1.29 bits per heavy atom. The third-order valence-corrected chi connectivity index (χ3v) is 8.49. The molecular formula is C36H27ClN2O3. The molecule has 0 N–H and O–H groups in total. The van der Waals surface area contributed by atoms with Crippen molar-refractivity contribution in [1.29, 1.82) is 0 Å². The van der Waals surface area contributed by atoms with E-state index >= 15 is 0 Å². The van der Waals surface area contributed by atoms with Gasteiger partial charge in [0.2, 0.25) is 6.10 Å². The predicted molar refractivity (Wildman–Crippen MR) is 165 cm³/mol. The van der Waals surface area contributed by atoms with Crippen molar-refractivity contribution < 1.29 is 14.3 Å². The number of carbonyl (C=O) groups excluding carboxylic acids is 2. The average Bonchev–Trinajstić information content (AvgIpc) is 3.16. The fourth-order valence-electron chi connectivity index (χ4n) is 6.34. The molecule has 2 amide bonds. The first kappa shape index (κ1) is 26.1. The highest BCUT2D eigenvalue weighted by atomic mass is 35.5. The van der Waals surface area contributed by atoms with Gasteiger partial charge in [-0.3, -0.25) is 19.4 Å². The molecule has 0 spiro atoms. The van der Waals surface area contributed by atoms with E-state index in [4.69, 9.17) is 16.3 Å². The van der Waals surface area contributed by atoms with Crippen LogP contribution in [0, 0.1) is 0 Å². The molecule has 0 radical (unpaired) electrons. The zero-order chi connectivity index (χ0) is 28.7. The number of β-lactam (4-membered cyclic amide) rings is 1. The number of ether oxygens (including phenoxy) is 1. The van der Waals surface area contributed by atoms with Crippen LogP contribution >= 0.6 is 11.6 Å². The SMILES string of the molecule is O=C(c1ccccc1)N1c2ccccc2N2C(=O)[C@H](Oc3ccccc3)[C@@]2(c2ccccc2)C[C@H]1c1ccc(Cl)cc1. The molecule has 0 unspecified atom stereocenters. The number of amides is 2. The van der Waals surface area contributed by atoms with E-state index in [1.54, 1.807) is 0 Å². The maximum absolute atomic E-state index is 14.5. The molecule has 0 bridgehead atoms. The summed E-state index contributed by atoms with van der Waals surface area (Å²) in [6.07, 6.45) is -0.410. The lowest BCUT2D eigenvalue weighted by molar-refractivity contribution is -0.142. The number of nitrogens with zero attached hydrogens (tertiary/aromatic N) is 2. The van der Waals surface area contributed by atoms with Crippen LogP contribution in [-0.4, -0.2) is 17.9 Å². The third kappa shape index (κ3) is 4.16. The van der Waals surface area contributed by atoms with Gasteiger partial charge in [0, 0.05) is 17.0 Å². The highest BCUT2D eigenvalue weighted by Crippen LogP contribution is 2.57. The van der Waals surface area contributed by atoms with Crippen LogP contribution in [0.4, 0.5) is 11.4 Å². The highest BCUT2D eigenvalue weighted by Gasteiger charge is 2.66. The number of fused-ring (bicyclic) bond motifs is 3. The van der Waals surface area contributed by atoms with E-state index in [2.05, 4.69) is 0 Å². The second-order valence-corrected chi connectivity index (χ2v) is 11.0. The molecule has 0 aliphatic carbocycles. The summed E-state index contributed by atoms with van der Waals surface area (Å²) in [6, 6.07) is 43.5. The van der Waals surface area contributed by atoms with Crippen molar-refractivity contribution in [2.24, 2.45) is 0 Å². The number of anilines is 2. The van der Waals surface area contributed by atoms with Gasteiger partial charge in [-0.2, -0.15) is 0 Å². The van der Waals surface area contributed by atoms with E-state index in [0.29, 0.717) is 34.1 Å². The molecule has 2 aliphatic heterocycles. The number of hydrogen-bond acceptors (Lipinski definition) is 3. The van der Waals surface area contributed by atoms with E-state index in [-0.39, 0.29) is 11.8 Å². The summed E-state index contributed by atoms with van der Waals surface area (Å²) in [4.78, 5) is 32.3. The van der Waals surface area contributed by atoms with Gasteiger partial charge in [0.05, 0.1) is 17.4 Å². The van der Waals surface area contributed by atoms with Gasteiger partial charge in [-0.05, 0) is 59.7 Å². The van der Waals surface area contributed by atoms with E-state index < -0.39 is 17.7 Å². The zero-order valence-corrected chi connectivity index (χ0v) is 23.4. The molecular weight excluding hydrogens is 544 g/mol. The lowest BCUT2D eigenvalue weighted by atomic mass is 9.70. The molecule has 2 heterocycles. The Labute approximate surface area is 249 Å². The first-order valence-electron chi connectivity index (χ1n) is 13.9. The minimum atomic E-state index is -0.902. The highest BCUT2D eigenvalue weighted by molar-refractivity contribution is 6.30. The van der Waals surface area contributed by atoms with Crippen LogP contribution in [0.2, 0.25) is 5.02 Å². The van der Waals surface area contributed by atoms with Crippen LogP contribution in [0.1, 0.15) is 33.9 Å². The Balaban J connectivity index is 1.48. The van der Waals surface area contributed by atoms with E-state index in [1.807, 2.05) is 149 Å². The third-order valence-electron chi connectivity index (χ3n) is 8.24. The number of benzene rings is 5. The number of halogens is 1. The summed E-state index contributed by atoms with van der Waals surface area (Å²) in [5.41, 5.74) is 2.84. The lowest BCUT2D eigenvalue weighted by Crippen LogP contribution is -2.74. The Morgan fingerprint density at radius 1 is 0.714 bits per heavy atom. The zero-order valence-electron chi connectivity index (χ0n) is 22.6.